The van der Waals surface area contributed by atoms with Crippen molar-refractivity contribution < 1.29 is 18.3 Å². The van der Waals surface area contributed by atoms with E-state index in [1.807, 2.05) is 0 Å². The first-order valence-corrected chi connectivity index (χ1v) is 8.28. The van der Waals surface area contributed by atoms with Crippen molar-refractivity contribution in [2.24, 2.45) is 0 Å². The molecule has 0 heterocycles. The van der Waals surface area contributed by atoms with E-state index < -0.39 is 16.0 Å². The van der Waals surface area contributed by atoms with Crippen molar-refractivity contribution >= 4 is 16.0 Å². The highest BCUT2D eigenvalue weighted by atomic mass is 32.2. The lowest BCUT2D eigenvalue weighted by Gasteiger charge is -2.11. The predicted molar refractivity (Wildman–Crippen MR) is 84.4 cm³/mol. The lowest BCUT2D eigenvalue weighted by Crippen LogP contribution is -2.23. The highest BCUT2D eigenvalue weighted by Gasteiger charge is 2.17. The van der Waals surface area contributed by atoms with Crippen LogP contribution in [0.15, 0.2) is 47.4 Å². The fourth-order valence-electron chi connectivity index (χ4n) is 2.31. The average Bonchev–Trinajstić information content (AvgIpc) is 2.46. The van der Waals surface area contributed by atoms with E-state index in [4.69, 9.17) is 0 Å². The normalized spacial score (nSPS) is 11.4. The standard InChI is InChI=1S/C16H17NO4S/c1-3-17-22(20,21)15-9-8-12(10-11(15)2)13-6-4-5-7-14(13)16(18)19/h4-10,17H,3H2,1-2H3,(H,18,19). The Kier molecular flexibility index (Phi) is 4.63. The van der Waals surface area contributed by atoms with Crippen molar-refractivity contribution in [3.05, 3.63) is 53.6 Å². The number of aryl methyl sites for hydroxylation is 1. The first-order chi connectivity index (χ1) is 10.4. The zero-order chi connectivity index (χ0) is 16.3. The maximum absolute atomic E-state index is 12.1. The second-order valence-electron chi connectivity index (χ2n) is 4.83. The van der Waals surface area contributed by atoms with Gasteiger partial charge >= 0.3 is 5.97 Å². The summed E-state index contributed by atoms with van der Waals surface area (Å²) in [4.78, 5) is 11.5. The fraction of sp³-hybridized carbons (Fsp3) is 0.188. The maximum Gasteiger partial charge on any atom is 0.336 e. The Bertz CT molecular complexity index is 813. The second-order valence-corrected chi connectivity index (χ2v) is 6.57. The van der Waals surface area contributed by atoms with Crippen molar-refractivity contribution in [1.82, 2.24) is 4.72 Å². The predicted octanol–water partition coefficient (Wildman–Crippen LogP) is 2.66. The fourth-order valence-corrected chi connectivity index (χ4v) is 3.57. The molecule has 2 rings (SSSR count). The van der Waals surface area contributed by atoms with E-state index in [1.165, 1.54) is 12.1 Å². The minimum atomic E-state index is -3.53. The van der Waals surface area contributed by atoms with Gasteiger partial charge in [0.15, 0.2) is 0 Å². The molecule has 22 heavy (non-hydrogen) atoms. The third-order valence-electron chi connectivity index (χ3n) is 3.27. The number of hydrogen-bond donors (Lipinski definition) is 2. The molecule has 2 aromatic carbocycles. The zero-order valence-electron chi connectivity index (χ0n) is 12.3. The summed E-state index contributed by atoms with van der Waals surface area (Å²) in [6.45, 7) is 3.72. The van der Waals surface area contributed by atoms with Crippen LogP contribution in [0.4, 0.5) is 0 Å². The van der Waals surface area contributed by atoms with Crippen molar-refractivity contribution in [1.29, 1.82) is 0 Å². The number of rotatable bonds is 5. The Balaban J connectivity index is 2.54. The Morgan fingerprint density at radius 3 is 2.45 bits per heavy atom. The van der Waals surface area contributed by atoms with Crippen LogP contribution in [0.25, 0.3) is 11.1 Å². The molecule has 0 saturated heterocycles. The molecule has 0 aliphatic rings. The topological polar surface area (TPSA) is 83.5 Å². The molecule has 0 fully saturated rings. The summed E-state index contributed by atoms with van der Waals surface area (Å²) in [6, 6.07) is 11.4. The molecule has 0 atom stereocenters. The van der Waals surface area contributed by atoms with E-state index in [1.54, 1.807) is 44.2 Å². The highest BCUT2D eigenvalue weighted by Crippen LogP contribution is 2.27. The van der Waals surface area contributed by atoms with Crippen molar-refractivity contribution in [2.45, 2.75) is 18.7 Å². The van der Waals surface area contributed by atoms with Crippen LogP contribution >= 0.6 is 0 Å². The summed E-state index contributed by atoms with van der Waals surface area (Å²) in [5.74, 6) is -1.02. The number of hydrogen-bond acceptors (Lipinski definition) is 3. The van der Waals surface area contributed by atoms with Crippen LogP contribution in [-0.2, 0) is 10.0 Å². The van der Waals surface area contributed by atoms with Gasteiger partial charge in [-0.2, -0.15) is 0 Å². The molecule has 0 aromatic heterocycles. The van der Waals surface area contributed by atoms with Gasteiger partial charge in [-0.15, -0.1) is 0 Å². The van der Waals surface area contributed by atoms with Gasteiger partial charge in [0.1, 0.15) is 0 Å². The summed E-state index contributed by atoms with van der Waals surface area (Å²) in [5.41, 5.74) is 1.99. The molecule has 0 bridgehead atoms. The van der Waals surface area contributed by atoms with Gasteiger partial charge in [0.25, 0.3) is 0 Å². The molecule has 0 saturated carbocycles. The molecule has 2 aromatic rings. The molecule has 5 nitrogen and oxygen atoms in total. The van der Waals surface area contributed by atoms with Gasteiger partial charge in [0, 0.05) is 6.54 Å². The third-order valence-corrected chi connectivity index (χ3v) is 4.97. The van der Waals surface area contributed by atoms with E-state index in [2.05, 4.69) is 4.72 Å². The molecule has 116 valence electrons. The van der Waals surface area contributed by atoms with Crippen molar-refractivity contribution in [3.63, 3.8) is 0 Å². The van der Waals surface area contributed by atoms with Gasteiger partial charge in [-0.1, -0.05) is 37.3 Å². The summed E-state index contributed by atoms with van der Waals surface area (Å²) < 4.78 is 26.6. The van der Waals surface area contributed by atoms with Crippen LogP contribution in [-0.4, -0.2) is 26.0 Å². The van der Waals surface area contributed by atoms with Crippen LogP contribution < -0.4 is 4.72 Å². The number of carbonyl (C=O) groups is 1. The van der Waals surface area contributed by atoms with Crippen LogP contribution in [0.1, 0.15) is 22.8 Å². The van der Waals surface area contributed by atoms with Crippen LogP contribution in [0, 0.1) is 6.92 Å². The van der Waals surface area contributed by atoms with Crippen molar-refractivity contribution in [3.8, 4) is 11.1 Å². The molecule has 0 unspecified atom stereocenters. The Morgan fingerprint density at radius 2 is 1.86 bits per heavy atom. The summed E-state index contributed by atoms with van der Waals surface area (Å²) in [7, 11) is -3.53. The van der Waals surface area contributed by atoms with Crippen molar-refractivity contribution in [2.75, 3.05) is 6.54 Å². The van der Waals surface area contributed by atoms with E-state index in [9.17, 15) is 18.3 Å². The third kappa shape index (κ3) is 3.18. The monoisotopic (exact) mass is 319 g/mol. The van der Waals surface area contributed by atoms with Gasteiger partial charge in [-0.25, -0.2) is 17.9 Å². The number of nitrogens with one attached hydrogen (secondary N) is 1. The zero-order valence-corrected chi connectivity index (χ0v) is 13.1. The minimum absolute atomic E-state index is 0.184. The molecule has 2 N–H and O–H groups in total. The van der Waals surface area contributed by atoms with E-state index >= 15 is 0 Å². The SMILES string of the molecule is CCNS(=O)(=O)c1ccc(-c2ccccc2C(=O)O)cc1C. The van der Waals surface area contributed by atoms with Gasteiger partial charge in [-0.3, -0.25) is 0 Å². The summed E-state index contributed by atoms with van der Waals surface area (Å²) in [6.07, 6.45) is 0. The largest absolute Gasteiger partial charge is 0.478 e. The van der Waals surface area contributed by atoms with Crippen LogP contribution in [0.5, 0.6) is 0 Å². The molecule has 0 aliphatic heterocycles. The summed E-state index contributed by atoms with van der Waals surface area (Å²) in [5, 5.41) is 9.24. The van der Waals surface area contributed by atoms with E-state index in [0.29, 0.717) is 23.2 Å². The van der Waals surface area contributed by atoms with Gasteiger partial charge in [0.2, 0.25) is 10.0 Å². The molecule has 0 radical (unpaired) electrons. The molecule has 0 spiro atoms. The van der Waals surface area contributed by atoms with E-state index in [-0.39, 0.29) is 10.5 Å². The first kappa shape index (κ1) is 16.2. The smallest absolute Gasteiger partial charge is 0.336 e. The maximum atomic E-state index is 12.1. The number of carboxylic acid groups (broad SMARTS) is 1. The molecular formula is C16H17NO4S. The Hall–Kier alpha value is -2.18. The highest BCUT2D eigenvalue weighted by molar-refractivity contribution is 7.89. The Labute approximate surface area is 129 Å². The van der Waals surface area contributed by atoms with Gasteiger partial charge in [-0.05, 0) is 35.7 Å². The molecule has 0 aliphatic carbocycles. The lowest BCUT2D eigenvalue weighted by molar-refractivity contribution is 0.0697. The molecule has 6 heteroatoms. The number of benzene rings is 2. The van der Waals surface area contributed by atoms with Crippen LogP contribution in [0.3, 0.4) is 0 Å². The first-order valence-electron chi connectivity index (χ1n) is 6.80. The molecular weight excluding hydrogens is 302 g/mol. The minimum Gasteiger partial charge on any atom is -0.478 e. The average molecular weight is 319 g/mol. The number of aromatic carboxylic acids is 1. The Morgan fingerprint density at radius 1 is 1.18 bits per heavy atom. The van der Waals surface area contributed by atoms with E-state index in [0.717, 1.165) is 0 Å². The lowest BCUT2D eigenvalue weighted by atomic mass is 9.98. The quantitative estimate of drug-likeness (QED) is 0.887. The second kappa shape index (κ2) is 6.29. The van der Waals surface area contributed by atoms with Gasteiger partial charge < -0.3 is 5.11 Å². The molecule has 0 amide bonds. The van der Waals surface area contributed by atoms with Gasteiger partial charge in [0.05, 0.1) is 10.5 Å². The number of carboxylic acids is 1. The van der Waals surface area contributed by atoms with Crippen LogP contribution in [0.2, 0.25) is 0 Å². The summed E-state index contributed by atoms with van der Waals surface area (Å²) >= 11 is 0. The number of sulfonamides is 1.